The Labute approximate surface area is 667 Å². The summed E-state index contributed by atoms with van der Waals surface area (Å²) in [5.74, 6) is -0.118. The first-order chi connectivity index (χ1) is 56.0. The fourth-order valence-corrected chi connectivity index (χ4v) is 18.5. The van der Waals surface area contributed by atoms with Gasteiger partial charge in [-0.25, -0.2) is 56.2 Å². The van der Waals surface area contributed by atoms with E-state index in [9.17, 15) is 119 Å². The number of hydrogen-bond donors (Lipinski definition) is 14. The Morgan fingerprint density at radius 3 is 0.808 bits per heavy atom. The van der Waals surface area contributed by atoms with Crippen molar-refractivity contribution in [3.8, 4) is 0 Å². The van der Waals surface area contributed by atoms with Crippen molar-refractivity contribution in [3.63, 3.8) is 0 Å². The van der Waals surface area contributed by atoms with E-state index >= 15 is 0 Å². The quantitative estimate of drug-likeness (QED) is 0.0177. The molecule has 5 unspecified atom stereocenters. The van der Waals surface area contributed by atoms with Gasteiger partial charge in [0, 0.05) is 104 Å². The predicted molar refractivity (Wildman–Crippen MR) is 392 cm³/mol. The molecule has 6 aromatic rings. The van der Waals surface area contributed by atoms with Gasteiger partial charge in [0.05, 0.1) is 45.7 Å². The standard InChI is InChI=1S/C59H79N13O42P6/c1-25-14-68(55(80)62-49(25)74)44-9-31(37(105-44)20-98-115(85,86)87)110-117(90,91)100-22-39-33(11-46(107-39)70-16-27(3)51(76)64-57(70)82)112-119(94,95)102-24-41-35(13-48(109-41)72-18-29(5)53(78)66-59(72)84)114-120(96,97)103-23-40-34(12-47(108-40)71-17-28(4)52(77)65-58(71)83)113-118(92,93)101-21-38-32(10-45(106-38)69-15-26(2)50(75)63-56(69)81)111-116(88,89)99-19-36-30(73)8-43(104-36)67-7-6-42(60)61-54(67)79/h6-7,14-18,30-41,43-48,73H,8-13,19-24H2,1-5H3,(H,88,89)(H,90,91)(H,92,93)(H,94,95)(H,96,97)(H2,60,61,79)(H,62,74,80)(H,63,75,81)(H,64,76,82)(H,65,77,83)(H,66,78,84)(H2,85,86,87)/t30-,31-,32-,33-,34-,35-,36+,37+,38+,39+,40+,41+,43+,44+,45+,46+,47+,48+/m0/s1. The molecule has 55 nitrogen and oxygen atoms in total. The SMILES string of the molecule is Cc1cn([C@H]2C[C@H](OP(=O)(O)OC[C@H]3O[C@@H](n4cc(C)c(=O)[nH]c4=O)C[C@@H]3OP(=O)(O)OC[C@H]3O[C@@H](n4cc(C)c(=O)[nH]c4=O)C[C@@H]3OP(=O)(O)OC[C@H]3O[C@@H](n4cc(C)c(=O)[nH]c4=O)C[C@@H]3OP(=O)(O)OC[C@H]3O[C@@H](n4cc(C)c(=O)[nH]c4=O)C[C@@H]3OP(=O)(O)OC[C@H]3O[C@@H](n4ccc(N)nc4=O)C[C@@H]3O)[C@@H](COP(=O)(O)O)O2)c(=O)[nH]c1=O. The first-order valence-corrected chi connectivity index (χ1v) is 44.6. The maximum atomic E-state index is 14.4. The largest absolute Gasteiger partial charge is 0.472 e. The van der Waals surface area contributed by atoms with E-state index in [1.165, 1.54) is 46.9 Å². The number of phosphoric acid groups is 6. The lowest BCUT2D eigenvalue weighted by atomic mass is 10.2. The molecule has 0 bridgehead atoms. The number of aliphatic hydroxyl groups is 1. The average Bonchev–Trinajstić information content (AvgIpc) is 1.68. The number of nitrogen functional groups attached to an aromatic ring is 1. The number of anilines is 1. The predicted octanol–water partition coefficient (Wildman–Crippen LogP) is -3.18. The molecule has 6 aliphatic heterocycles. The third-order valence-corrected chi connectivity index (χ3v) is 24.9. The minimum absolute atomic E-state index is 0.00918. The van der Waals surface area contributed by atoms with Gasteiger partial charge in [-0.15, -0.1) is 0 Å². The lowest BCUT2D eigenvalue weighted by molar-refractivity contribution is -0.0657. The number of H-pyrrole nitrogens is 5. The van der Waals surface area contributed by atoms with E-state index < -0.39 is 291 Å². The normalized spacial score (nSPS) is 29.6. The highest BCUT2D eigenvalue weighted by atomic mass is 31.2. The van der Waals surface area contributed by atoms with Crippen molar-refractivity contribution in [1.29, 1.82) is 0 Å². The van der Waals surface area contributed by atoms with Gasteiger partial charge in [0.2, 0.25) is 0 Å². The zero-order chi connectivity index (χ0) is 87.4. The fraction of sp³-hybridized carbons (Fsp3) is 0.593. The van der Waals surface area contributed by atoms with Crippen LogP contribution in [0, 0.1) is 34.6 Å². The van der Waals surface area contributed by atoms with Crippen LogP contribution in [-0.4, -0.2) is 210 Å². The monoisotopic (exact) mass is 1830 g/mol. The van der Waals surface area contributed by atoms with Gasteiger partial charge in [0.25, 0.3) is 27.8 Å². The van der Waals surface area contributed by atoms with Crippen molar-refractivity contribution < 1.29 is 145 Å². The molecular weight excluding hydrogens is 1750 g/mol. The number of aromatic amines is 5. The molecule has 12 rings (SSSR count). The molecule has 12 heterocycles. The van der Waals surface area contributed by atoms with Crippen LogP contribution < -0.4 is 67.7 Å². The minimum Gasteiger partial charge on any atom is -0.390 e. The van der Waals surface area contributed by atoms with Crippen LogP contribution in [0.5, 0.6) is 0 Å². The molecule has 662 valence electrons. The molecule has 61 heteroatoms. The zero-order valence-electron chi connectivity index (χ0n) is 62.8. The van der Waals surface area contributed by atoms with Crippen LogP contribution in [0.2, 0.25) is 0 Å². The number of aromatic nitrogens is 12. The van der Waals surface area contributed by atoms with Gasteiger partial charge in [-0.2, -0.15) is 4.98 Å². The second-order valence-electron chi connectivity index (χ2n) is 28.0. The Morgan fingerprint density at radius 1 is 0.358 bits per heavy atom. The molecule has 6 aromatic heterocycles. The number of aryl methyl sites for hydroxylation is 5. The lowest BCUT2D eigenvalue weighted by Gasteiger charge is -2.26. The first kappa shape index (κ1) is 91.7. The maximum Gasteiger partial charge on any atom is 0.472 e. The summed E-state index contributed by atoms with van der Waals surface area (Å²) in [6, 6.07) is 1.27. The topological polar surface area (TPSA) is 756 Å². The first-order valence-electron chi connectivity index (χ1n) is 35.6. The second kappa shape index (κ2) is 36.3. The van der Waals surface area contributed by atoms with Crippen molar-refractivity contribution in [2.75, 3.05) is 45.4 Å². The van der Waals surface area contributed by atoms with Crippen LogP contribution in [0.15, 0.2) is 96.0 Å². The van der Waals surface area contributed by atoms with E-state index in [1.54, 1.807) is 0 Å². The molecule has 120 heavy (non-hydrogen) atoms. The number of nitrogens with two attached hydrogens (primary N) is 1. The van der Waals surface area contributed by atoms with Crippen LogP contribution in [0.3, 0.4) is 0 Å². The molecule has 15 N–H and O–H groups in total. The number of phosphoric ester groups is 6. The van der Waals surface area contributed by atoms with Crippen molar-refractivity contribution in [1.82, 2.24) is 57.3 Å². The van der Waals surface area contributed by atoms with Crippen LogP contribution >= 0.6 is 46.9 Å². The molecule has 23 atom stereocenters. The average molecular weight is 1830 g/mol. The highest BCUT2D eigenvalue weighted by molar-refractivity contribution is 7.48. The van der Waals surface area contributed by atoms with Crippen molar-refractivity contribution in [2.45, 2.75) is 184 Å². The summed E-state index contributed by atoms with van der Waals surface area (Å²) >= 11 is 0. The Bertz CT molecular complexity index is 5870. The highest BCUT2D eigenvalue weighted by Gasteiger charge is 2.52. The summed E-state index contributed by atoms with van der Waals surface area (Å²) in [7, 11) is -33.3. The third kappa shape index (κ3) is 22.5. The summed E-state index contributed by atoms with van der Waals surface area (Å²) in [5, 5.41) is 10.8. The molecule has 0 amide bonds. The van der Waals surface area contributed by atoms with Crippen molar-refractivity contribution >= 4 is 52.8 Å². The van der Waals surface area contributed by atoms with E-state index in [-0.39, 0.29) is 40.1 Å². The number of hydrogen-bond acceptors (Lipinski definition) is 37. The summed E-state index contributed by atoms with van der Waals surface area (Å²) in [4.78, 5) is 230. The van der Waals surface area contributed by atoms with Gasteiger partial charge in [-0.3, -0.25) is 126 Å². The van der Waals surface area contributed by atoms with Gasteiger partial charge < -0.3 is 73.5 Å². The van der Waals surface area contributed by atoms with E-state index in [0.717, 1.165) is 58.4 Å². The molecule has 0 aliphatic carbocycles. The minimum atomic E-state index is -5.74. The Kier molecular flexibility index (Phi) is 27.8. The van der Waals surface area contributed by atoms with Crippen LogP contribution in [0.25, 0.3) is 0 Å². The summed E-state index contributed by atoms with van der Waals surface area (Å²) in [6.45, 7) is -0.207. The lowest BCUT2D eigenvalue weighted by Crippen LogP contribution is -2.33. The molecule has 6 saturated heterocycles. The molecule has 0 radical (unpaired) electrons. The van der Waals surface area contributed by atoms with Crippen LogP contribution in [-0.2, 0) is 106 Å². The smallest absolute Gasteiger partial charge is 0.390 e. The number of aliphatic hydroxyl groups excluding tert-OH is 1. The van der Waals surface area contributed by atoms with E-state index in [2.05, 4.69) is 14.5 Å². The van der Waals surface area contributed by atoms with Crippen molar-refractivity contribution in [3.05, 3.63) is 186 Å². The maximum absolute atomic E-state index is 14.4. The van der Waals surface area contributed by atoms with Gasteiger partial charge in [0.1, 0.15) is 110 Å². The highest BCUT2D eigenvalue weighted by Crippen LogP contribution is 2.56. The third-order valence-electron chi connectivity index (χ3n) is 19.3. The van der Waals surface area contributed by atoms with Gasteiger partial charge in [-0.05, 0) is 40.7 Å². The van der Waals surface area contributed by atoms with Crippen LogP contribution in [0.1, 0.15) is 104 Å². The van der Waals surface area contributed by atoms with E-state index in [0.29, 0.717) is 0 Å². The Morgan fingerprint density at radius 2 is 0.575 bits per heavy atom. The second-order valence-corrected chi connectivity index (χ2v) is 36.3. The summed E-state index contributed by atoms with van der Waals surface area (Å²) in [6.07, 6.45) is -26.8. The number of rotatable bonds is 34. The number of ether oxygens (including phenoxy) is 6. The van der Waals surface area contributed by atoms with Gasteiger partial charge >= 0.3 is 81.1 Å². The van der Waals surface area contributed by atoms with Gasteiger partial charge in [-0.1, -0.05) is 0 Å². The Balaban J connectivity index is 0.742. The summed E-state index contributed by atoms with van der Waals surface area (Å²) < 4.78 is 181. The van der Waals surface area contributed by atoms with Crippen LogP contribution in [0.4, 0.5) is 5.82 Å². The molecular formula is C59H79N13O42P6. The fourth-order valence-electron chi connectivity index (χ4n) is 13.4. The van der Waals surface area contributed by atoms with Crippen molar-refractivity contribution in [2.24, 2.45) is 0 Å². The van der Waals surface area contributed by atoms with Gasteiger partial charge in [0.15, 0.2) is 0 Å². The molecule has 0 aromatic carbocycles. The Hall–Kier alpha value is -7.54. The number of nitrogens with one attached hydrogen (secondary N) is 5. The molecule has 6 aliphatic rings. The zero-order valence-corrected chi connectivity index (χ0v) is 68.1. The number of nitrogens with zero attached hydrogens (tertiary/aromatic N) is 7. The molecule has 6 fully saturated rings. The molecule has 0 saturated carbocycles. The van der Waals surface area contributed by atoms with E-state index in [4.69, 9.17) is 79.4 Å². The van der Waals surface area contributed by atoms with E-state index in [1.807, 2.05) is 19.9 Å². The molecule has 0 spiro atoms. The summed E-state index contributed by atoms with van der Waals surface area (Å²) in [5.41, 5.74) is -5.17.